The van der Waals surface area contributed by atoms with E-state index in [-0.39, 0.29) is 0 Å². The molecule has 0 nitrogen and oxygen atoms in total. The summed E-state index contributed by atoms with van der Waals surface area (Å²) in [5.74, 6) is 0. The molecule has 0 unspecified atom stereocenters. The molecule has 2 aliphatic rings. The fourth-order valence-electron chi connectivity index (χ4n) is 5.90. The SMILES string of the molecule is CC[CH]=[Zr]([Cl])([Cl])([c]1cccc2c1Cc1ccccc1-2)[c]1cccc2c1Cc1ccccc1-2. The molecule has 4 aromatic carbocycles. The van der Waals surface area contributed by atoms with Crippen LogP contribution in [0.5, 0.6) is 0 Å². The predicted octanol–water partition coefficient (Wildman–Crippen LogP) is 6.99. The second kappa shape index (κ2) is 7.36. The molecule has 0 saturated heterocycles. The van der Waals surface area contributed by atoms with E-state index in [0.29, 0.717) is 0 Å². The monoisotopic (exact) mass is 532 g/mol. The van der Waals surface area contributed by atoms with E-state index in [4.69, 9.17) is 17.0 Å². The molecule has 0 fully saturated rings. The van der Waals surface area contributed by atoms with Gasteiger partial charge in [-0.2, -0.15) is 0 Å². The standard InChI is InChI=1S/2C13H9.C3H6.2ClH.Zr/c2*1-3-7-12-10(5-1)9-11-6-2-4-8-13(11)12;1-3-2;;;/h2*1-5,7-8H,9H2;1H,3H2,2H3;2*1H;/q;;;;;+2/p-2. The van der Waals surface area contributed by atoms with Gasteiger partial charge in [0.25, 0.3) is 0 Å². The summed E-state index contributed by atoms with van der Waals surface area (Å²) in [5.41, 5.74) is 10.6. The summed E-state index contributed by atoms with van der Waals surface area (Å²) in [6.07, 6.45) is 2.65. The Hall–Kier alpha value is -1.79. The van der Waals surface area contributed by atoms with Gasteiger partial charge in [0.1, 0.15) is 0 Å². The zero-order valence-electron chi connectivity index (χ0n) is 18.0. The zero-order valence-corrected chi connectivity index (χ0v) is 22.0. The first-order chi connectivity index (χ1) is 15.5. The summed E-state index contributed by atoms with van der Waals surface area (Å²) in [4.78, 5) is 0. The molecule has 6 rings (SSSR count). The number of fused-ring (bicyclic) bond motifs is 6. The molecule has 0 bridgehead atoms. The van der Waals surface area contributed by atoms with Gasteiger partial charge in [0, 0.05) is 0 Å². The van der Waals surface area contributed by atoms with Crippen molar-refractivity contribution in [3.63, 3.8) is 0 Å². The van der Waals surface area contributed by atoms with Gasteiger partial charge < -0.3 is 0 Å². The minimum absolute atomic E-state index is 0.853. The molecule has 2 aliphatic carbocycles. The Kier molecular flexibility index (Phi) is 4.78. The van der Waals surface area contributed by atoms with E-state index in [1.165, 1.54) is 51.1 Å². The maximum atomic E-state index is 7.92. The summed E-state index contributed by atoms with van der Waals surface area (Å²) >= 11 is -4.75. The molecular formula is C29H24Cl2Zr. The van der Waals surface area contributed by atoms with E-state index >= 15 is 0 Å². The average molecular weight is 535 g/mol. The van der Waals surface area contributed by atoms with E-state index in [1.54, 1.807) is 0 Å². The summed E-state index contributed by atoms with van der Waals surface area (Å²) in [7, 11) is 15.8. The number of rotatable bonds is 3. The van der Waals surface area contributed by atoms with Crippen LogP contribution in [-0.4, -0.2) is 3.71 Å². The topological polar surface area (TPSA) is 0 Å². The van der Waals surface area contributed by atoms with Crippen molar-refractivity contribution in [3.8, 4) is 22.3 Å². The summed E-state index contributed by atoms with van der Waals surface area (Å²) in [5, 5.41) is 0. The Balaban J connectivity index is 1.64. The van der Waals surface area contributed by atoms with Gasteiger partial charge in [-0.25, -0.2) is 0 Å². The molecule has 0 atom stereocenters. The Bertz CT molecular complexity index is 1370. The number of benzene rings is 4. The number of halogens is 2. The van der Waals surface area contributed by atoms with Crippen LogP contribution in [0.1, 0.15) is 35.6 Å². The van der Waals surface area contributed by atoms with Gasteiger partial charge in [0.05, 0.1) is 0 Å². The van der Waals surface area contributed by atoms with Crippen molar-refractivity contribution >= 4 is 27.3 Å². The van der Waals surface area contributed by atoms with Gasteiger partial charge in [-0.15, -0.1) is 0 Å². The molecular weight excluding hydrogens is 510 g/mol. The molecule has 4 aromatic rings. The van der Waals surface area contributed by atoms with Crippen LogP contribution in [0.4, 0.5) is 0 Å². The third-order valence-corrected chi connectivity index (χ3v) is 23.8. The molecule has 0 aromatic heterocycles. The Morgan fingerprint density at radius 1 is 0.625 bits per heavy atom. The van der Waals surface area contributed by atoms with E-state index in [9.17, 15) is 0 Å². The first-order valence-corrected chi connectivity index (χ1v) is 21.5. The van der Waals surface area contributed by atoms with Crippen molar-refractivity contribution < 1.29 is 15.9 Å². The summed E-state index contributed by atoms with van der Waals surface area (Å²) in [6, 6.07) is 30.6. The van der Waals surface area contributed by atoms with Gasteiger partial charge >= 0.3 is 199 Å². The van der Waals surface area contributed by atoms with Gasteiger partial charge in [-0.1, -0.05) is 0 Å². The third kappa shape index (κ3) is 2.88. The second-order valence-electron chi connectivity index (χ2n) is 9.02. The van der Waals surface area contributed by atoms with E-state index in [0.717, 1.165) is 19.3 Å². The van der Waals surface area contributed by atoms with Crippen molar-refractivity contribution in [1.29, 1.82) is 0 Å². The van der Waals surface area contributed by atoms with Crippen molar-refractivity contribution in [2.24, 2.45) is 0 Å². The van der Waals surface area contributed by atoms with Crippen LogP contribution in [-0.2, 0) is 28.8 Å². The molecule has 0 heterocycles. The molecule has 0 radical (unpaired) electrons. The van der Waals surface area contributed by atoms with Crippen LogP contribution in [0, 0.1) is 0 Å². The fraction of sp³-hybridized carbons (Fsp3) is 0.138. The van der Waals surface area contributed by atoms with Crippen molar-refractivity contribution in [2.75, 3.05) is 0 Å². The molecule has 32 heavy (non-hydrogen) atoms. The van der Waals surface area contributed by atoms with Crippen LogP contribution >= 0.6 is 17.0 Å². The van der Waals surface area contributed by atoms with E-state index < -0.39 is 15.9 Å². The van der Waals surface area contributed by atoms with Crippen molar-refractivity contribution in [3.05, 3.63) is 107 Å². The van der Waals surface area contributed by atoms with Crippen LogP contribution in [0.25, 0.3) is 22.3 Å². The fourth-order valence-corrected chi connectivity index (χ4v) is 21.3. The molecule has 158 valence electrons. The van der Waals surface area contributed by atoms with Gasteiger partial charge in [0.15, 0.2) is 0 Å². The normalized spacial score (nSPS) is 13.9. The summed E-state index contributed by atoms with van der Waals surface area (Å²) in [6.45, 7) is 2.16. The van der Waals surface area contributed by atoms with Crippen LogP contribution < -0.4 is 6.54 Å². The molecule has 3 heteroatoms. The zero-order chi connectivity index (χ0) is 21.9. The average Bonchev–Trinajstić information content (AvgIpc) is 3.37. The van der Waals surface area contributed by atoms with E-state index in [2.05, 4.69) is 95.6 Å². The number of hydrogen-bond acceptors (Lipinski definition) is 0. The second-order valence-corrected chi connectivity index (χ2v) is 28.4. The van der Waals surface area contributed by atoms with Crippen molar-refractivity contribution in [2.45, 2.75) is 26.2 Å². The van der Waals surface area contributed by atoms with Crippen molar-refractivity contribution in [1.82, 2.24) is 0 Å². The maximum absolute atomic E-state index is 7.92. The first-order valence-electron chi connectivity index (χ1n) is 11.3. The Labute approximate surface area is 197 Å². The van der Waals surface area contributed by atoms with Crippen LogP contribution in [0.3, 0.4) is 0 Å². The predicted molar refractivity (Wildman–Crippen MR) is 137 cm³/mol. The Morgan fingerprint density at radius 2 is 1.06 bits per heavy atom. The van der Waals surface area contributed by atoms with Crippen LogP contribution in [0.15, 0.2) is 84.9 Å². The summed E-state index contributed by atoms with van der Waals surface area (Å²) < 4.78 is 4.67. The minimum atomic E-state index is -4.75. The molecule has 0 spiro atoms. The first kappa shape index (κ1) is 20.8. The van der Waals surface area contributed by atoms with Gasteiger partial charge in [-0.05, 0) is 0 Å². The van der Waals surface area contributed by atoms with E-state index in [1.807, 2.05) is 0 Å². The molecule has 0 aliphatic heterocycles. The van der Waals surface area contributed by atoms with Gasteiger partial charge in [-0.3, -0.25) is 0 Å². The third-order valence-electron chi connectivity index (χ3n) is 7.25. The quantitative estimate of drug-likeness (QED) is 0.230. The molecule has 0 amide bonds. The van der Waals surface area contributed by atoms with Crippen LogP contribution in [0.2, 0.25) is 0 Å². The molecule has 0 N–H and O–H groups in total. The Morgan fingerprint density at radius 3 is 1.53 bits per heavy atom. The number of hydrogen-bond donors (Lipinski definition) is 0. The van der Waals surface area contributed by atoms with Gasteiger partial charge in [0.2, 0.25) is 0 Å². The molecule has 0 saturated carbocycles.